The maximum absolute atomic E-state index is 15.0. The van der Waals surface area contributed by atoms with Crippen molar-refractivity contribution in [3.05, 3.63) is 0 Å². The van der Waals surface area contributed by atoms with E-state index in [9.17, 15) is 9.90 Å². The second-order valence-corrected chi connectivity index (χ2v) is 46.3. The number of hydrogen-bond donors (Lipinski definition) is 1. The molecule has 0 atom stereocenters. The summed E-state index contributed by atoms with van der Waals surface area (Å²) < 4.78 is -0.0122. The van der Waals surface area contributed by atoms with E-state index in [0.29, 0.717) is 0 Å². The fraction of sp³-hybridized carbons (Fsp3) is 0.973. The zero-order valence-electron chi connectivity index (χ0n) is 27.3. The third-order valence-electron chi connectivity index (χ3n) is 13.9. The molecule has 2 nitrogen and oxygen atoms in total. The third-order valence-corrected chi connectivity index (χ3v) is 70.8. The molecule has 0 aliphatic heterocycles. The molecule has 249 valence electrons. The molecule has 0 aromatic rings. The molecular weight excluding hydrogens is 733 g/mol. The van der Waals surface area contributed by atoms with E-state index in [1.807, 2.05) is 0 Å². The summed E-state index contributed by atoms with van der Waals surface area (Å²) in [5.74, 6) is 0. The molecule has 0 radical (unpaired) electrons. The Morgan fingerprint density at radius 2 is 0.524 bits per heavy atom. The van der Waals surface area contributed by atoms with Crippen molar-refractivity contribution in [1.82, 2.24) is 0 Å². The van der Waals surface area contributed by atoms with E-state index in [1.165, 1.54) is 193 Å². The minimum atomic E-state index is -2.35. The molecule has 0 spiro atoms. The van der Waals surface area contributed by atoms with Gasteiger partial charge in [-0.3, -0.25) is 0 Å². The van der Waals surface area contributed by atoms with Gasteiger partial charge in [0.25, 0.3) is 0 Å². The van der Waals surface area contributed by atoms with Crippen LogP contribution in [0.5, 0.6) is 0 Å². The molecule has 0 unspecified atom stereocenters. The molecule has 1 N–H and O–H groups in total. The van der Waals surface area contributed by atoms with Crippen molar-refractivity contribution in [2.75, 3.05) is 0 Å². The molecule has 0 bridgehead atoms. The molecule has 5 heteroatoms. The van der Waals surface area contributed by atoms with E-state index >= 15 is 0 Å². The van der Waals surface area contributed by atoms with Gasteiger partial charge in [0, 0.05) is 0 Å². The quantitative estimate of drug-likeness (QED) is 0.236. The molecule has 6 aliphatic carbocycles. The van der Waals surface area contributed by atoms with Gasteiger partial charge in [0.05, 0.1) is 0 Å². The predicted octanol–water partition coefficient (Wildman–Crippen LogP) is 12.6. The van der Waals surface area contributed by atoms with Gasteiger partial charge in [-0.25, -0.2) is 0 Å². The van der Waals surface area contributed by atoms with Crippen LogP contribution in [-0.4, -0.2) is 43.4 Å². The van der Waals surface area contributed by atoms with Gasteiger partial charge in [-0.05, 0) is 0 Å². The van der Waals surface area contributed by atoms with Gasteiger partial charge in [0.15, 0.2) is 0 Å². The van der Waals surface area contributed by atoms with Crippen LogP contribution in [0.3, 0.4) is 0 Å². The van der Waals surface area contributed by atoms with Crippen molar-refractivity contribution >= 4 is 15.1 Å². The van der Waals surface area contributed by atoms with Crippen LogP contribution in [0.25, 0.3) is 0 Å². The van der Waals surface area contributed by atoms with Gasteiger partial charge in [-0.1, -0.05) is 0 Å². The Labute approximate surface area is 266 Å². The summed E-state index contributed by atoms with van der Waals surface area (Å²) in [6, 6.07) is 0. The summed E-state index contributed by atoms with van der Waals surface area (Å²) in [6.45, 7) is 0. The summed E-state index contributed by atoms with van der Waals surface area (Å²) in [5.41, 5.74) is 5.43. The Morgan fingerprint density at radius 1 is 0.357 bits per heavy atom. The zero-order valence-corrected chi connectivity index (χ0v) is 31.6. The van der Waals surface area contributed by atoms with Crippen molar-refractivity contribution in [3.8, 4) is 0 Å². The second-order valence-electron chi connectivity index (χ2n) is 16.0. The van der Waals surface area contributed by atoms with E-state index in [-0.39, 0.29) is 4.36 Å². The Hall–Kier alpha value is 1.02. The minimum absolute atomic E-state index is 0.0122. The number of rotatable bonds is 9. The van der Waals surface area contributed by atoms with Crippen LogP contribution in [0.15, 0.2) is 0 Å². The first-order chi connectivity index (χ1) is 20.7. The molecule has 0 amide bonds. The van der Waals surface area contributed by atoms with E-state index < -0.39 is 27.0 Å². The summed E-state index contributed by atoms with van der Waals surface area (Å²) in [5, 5.41) is 8.26. The zero-order chi connectivity index (χ0) is 28.8. The van der Waals surface area contributed by atoms with E-state index in [2.05, 4.69) is 0 Å². The van der Waals surface area contributed by atoms with Gasteiger partial charge in [-0.2, -0.15) is 0 Å². The second kappa shape index (κ2) is 15.7. The summed E-state index contributed by atoms with van der Waals surface area (Å²) >= 11 is -2.35. The summed E-state index contributed by atoms with van der Waals surface area (Å²) in [6.07, 6.45) is 43.4. The first-order valence-electron chi connectivity index (χ1n) is 19.5. The van der Waals surface area contributed by atoms with E-state index in [0.717, 1.165) is 34.0 Å². The molecule has 6 rings (SSSR count). The third kappa shape index (κ3) is 6.44. The van der Waals surface area contributed by atoms with E-state index in [4.69, 9.17) is 0 Å². The van der Waals surface area contributed by atoms with Gasteiger partial charge in [0.2, 0.25) is 0 Å². The van der Waals surface area contributed by atoms with Crippen molar-refractivity contribution in [3.63, 3.8) is 0 Å². The number of hydrogen-bond acceptors (Lipinski definition) is 1. The van der Waals surface area contributed by atoms with Crippen molar-refractivity contribution in [1.29, 1.82) is 0 Å². The van der Waals surface area contributed by atoms with Crippen LogP contribution in [-0.2, 0) is 16.3 Å². The molecule has 42 heavy (non-hydrogen) atoms. The monoisotopic (exact) mass is 802 g/mol. The molecule has 6 aliphatic rings. The van der Waals surface area contributed by atoms with Crippen molar-refractivity contribution in [2.45, 2.75) is 227 Å². The Kier molecular flexibility index (Phi) is 12.3. The standard InChI is InChI=1S/2C18H33P.CHO2.Pt/c2*1-4-10-16(11-5-1)19(17-12-6-2-7-13-17)18-14-8-3-9-15-18;2-1-3;/h2*16-18H,1-15H2;(H,2,3);/q;;;-2/p+2. The Morgan fingerprint density at radius 3 is 0.667 bits per heavy atom. The molecule has 0 aromatic carbocycles. The average molecular weight is 803 g/mol. The van der Waals surface area contributed by atoms with Crippen molar-refractivity contribution < 1.29 is 26.2 Å². The van der Waals surface area contributed by atoms with Crippen LogP contribution in [0.1, 0.15) is 193 Å². The fourth-order valence-electron chi connectivity index (χ4n) is 12.4. The van der Waals surface area contributed by atoms with Crippen molar-refractivity contribution in [2.24, 2.45) is 0 Å². The van der Waals surface area contributed by atoms with Gasteiger partial charge >= 0.3 is 268 Å². The Balaban J connectivity index is 1.61. The molecule has 6 fully saturated rings. The summed E-state index contributed by atoms with van der Waals surface area (Å²) in [7, 11) is 0. The molecule has 6 saturated carbocycles. The van der Waals surface area contributed by atoms with Crippen LogP contribution < -0.4 is 0 Å². The predicted molar refractivity (Wildman–Crippen MR) is 186 cm³/mol. The average Bonchev–Trinajstić information content (AvgIpc) is 3.07. The topological polar surface area (TPSA) is 37.3 Å². The molecular formula is C37H69O2P2Pt. The number of carboxylic acid groups (broad SMARTS) is 1. The van der Waals surface area contributed by atoms with Gasteiger partial charge < -0.3 is 0 Å². The van der Waals surface area contributed by atoms with Gasteiger partial charge in [-0.15, -0.1) is 0 Å². The maximum atomic E-state index is 15.0. The van der Waals surface area contributed by atoms with Crippen LogP contribution >= 0.6 is 10.7 Å². The Bertz CT molecular complexity index is 676. The van der Waals surface area contributed by atoms with Crippen LogP contribution in [0.4, 0.5) is 4.79 Å². The molecule has 0 heterocycles. The number of carbonyl (C=O) groups is 1. The SMILES string of the molecule is O=[C](O)[Pt]([PH](C1CCCCC1)(C1CCCCC1)C1CCCCC1)[PH](C1CCCCC1)(C1CCCCC1)C1CCCCC1. The van der Waals surface area contributed by atoms with E-state index in [1.54, 1.807) is 0 Å². The molecule has 0 saturated heterocycles. The van der Waals surface area contributed by atoms with Crippen LogP contribution in [0.2, 0.25) is 0 Å². The normalized spacial score (nSPS) is 29.3. The molecule has 0 aromatic heterocycles. The van der Waals surface area contributed by atoms with Gasteiger partial charge in [0.1, 0.15) is 0 Å². The first-order valence-corrected chi connectivity index (χ1v) is 31.6. The van der Waals surface area contributed by atoms with Crippen LogP contribution in [0, 0.1) is 0 Å². The fourth-order valence-corrected chi connectivity index (χ4v) is 95.8. The first kappa shape index (κ1) is 32.9. The summed E-state index contributed by atoms with van der Waals surface area (Å²) in [4.78, 5) is 15.0.